The molecule has 2 aromatic rings. The third-order valence-corrected chi connectivity index (χ3v) is 3.56. The van der Waals surface area contributed by atoms with E-state index in [9.17, 15) is 0 Å². The number of rotatable bonds is 3. The van der Waals surface area contributed by atoms with Gasteiger partial charge in [0.05, 0.1) is 0 Å². The van der Waals surface area contributed by atoms with Gasteiger partial charge in [-0.25, -0.2) is 9.97 Å². The fourth-order valence-corrected chi connectivity index (χ4v) is 2.50. The maximum Gasteiger partial charge on any atom is 0.159 e. The molecule has 100 valence electrons. The molecule has 0 saturated carbocycles. The van der Waals surface area contributed by atoms with Crippen molar-refractivity contribution in [2.24, 2.45) is 5.73 Å². The largest absolute Gasteiger partial charge is 0.330 e. The van der Waals surface area contributed by atoms with E-state index in [0.29, 0.717) is 12.5 Å². The molecule has 1 atom stereocenters. The monoisotopic (exact) mass is 255 g/mol. The van der Waals surface area contributed by atoms with Gasteiger partial charge in [0.15, 0.2) is 5.82 Å². The second-order valence-corrected chi connectivity index (χ2v) is 5.08. The molecule has 0 radical (unpaired) electrons. The second-order valence-electron chi connectivity index (χ2n) is 5.08. The lowest BCUT2D eigenvalue weighted by atomic mass is 9.98. The van der Waals surface area contributed by atoms with Gasteiger partial charge in [0.1, 0.15) is 0 Å². The number of aryl methyl sites for hydroxylation is 3. The summed E-state index contributed by atoms with van der Waals surface area (Å²) in [5.74, 6) is 1.10. The topological polar surface area (TPSA) is 51.8 Å². The van der Waals surface area contributed by atoms with Gasteiger partial charge in [-0.15, -0.1) is 0 Å². The molecular weight excluding hydrogens is 234 g/mol. The van der Waals surface area contributed by atoms with Crippen LogP contribution in [0.3, 0.4) is 0 Å². The van der Waals surface area contributed by atoms with Gasteiger partial charge in [-0.3, -0.25) is 0 Å². The lowest BCUT2D eigenvalue weighted by Gasteiger charge is -2.16. The molecule has 0 aliphatic heterocycles. The van der Waals surface area contributed by atoms with E-state index in [1.807, 2.05) is 26.0 Å². The van der Waals surface area contributed by atoms with Crippen molar-refractivity contribution in [2.45, 2.75) is 33.6 Å². The Morgan fingerprint density at radius 2 is 1.63 bits per heavy atom. The van der Waals surface area contributed by atoms with Crippen LogP contribution in [0, 0.1) is 20.8 Å². The van der Waals surface area contributed by atoms with Gasteiger partial charge in [0.25, 0.3) is 0 Å². The van der Waals surface area contributed by atoms with Gasteiger partial charge >= 0.3 is 0 Å². The molecule has 3 heteroatoms. The number of nitrogens with zero attached hydrogens (tertiary/aromatic N) is 2. The first kappa shape index (κ1) is 13.7. The van der Waals surface area contributed by atoms with Crippen LogP contribution in [-0.2, 0) is 0 Å². The highest BCUT2D eigenvalue weighted by Gasteiger charge is 2.15. The molecule has 1 heterocycles. The number of nitrogens with two attached hydrogens (primary N) is 1. The summed E-state index contributed by atoms with van der Waals surface area (Å²) in [5, 5.41) is 0. The summed E-state index contributed by atoms with van der Waals surface area (Å²) >= 11 is 0. The first-order valence-corrected chi connectivity index (χ1v) is 6.65. The maximum atomic E-state index is 5.76. The smallest absolute Gasteiger partial charge is 0.159 e. The fourth-order valence-electron chi connectivity index (χ4n) is 2.50. The number of hydrogen-bond donors (Lipinski definition) is 1. The summed E-state index contributed by atoms with van der Waals surface area (Å²) in [6, 6.07) is 8.20. The maximum absolute atomic E-state index is 5.76. The van der Waals surface area contributed by atoms with Gasteiger partial charge in [0, 0.05) is 17.0 Å². The van der Waals surface area contributed by atoms with E-state index in [4.69, 9.17) is 5.73 Å². The van der Waals surface area contributed by atoms with Crippen LogP contribution in [0.1, 0.15) is 35.4 Å². The lowest BCUT2D eigenvalue weighted by Crippen LogP contribution is -2.14. The minimum atomic E-state index is 0.297. The zero-order valence-corrected chi connectivity index (χ0v) is 12.1. The average Bonchev–Trinajstić information content (AvgIpc) is 2.38. The van der Waals surface area contributed by atoms with Gasteiger partial charge in [-0.05, 0) is 44.4 Å². The van der Waals surface area contributed by atoms with Crippen molar-refractivity contribution in [1.29, 1.82) is 0 Å². The highest BCUT2D eigenvalue weighted by Crippen LogP contribution is 2.25. The SMILES string of the molecule is Cc1ccccc1-c1nc(C)c(C(C)CN)c(C)n1. The number of aromatic nitrogens is 2. The Morgan fingerprint density at radius 3 is 2.16 bits per heavy atom. The molecule has 19 heavy (non-hydrogen) atoms. The Labute approximate surface area is 114 Å². The molecule has 0 amide bonds. The van der Waals surface area contributed by atoms with Crippen molar-refractivity contribution in [1.82, 2.24) is 9.97 Å². The van der Waals surface area contributed by atoms with Crippen molar-refractivity contribution in [3.05, 3.63) is 46.8 Å². The molecule has 2 N–H and O–H groups in total. The molecule has 1 aromatic heterocycles. The molecule has 0 bridgehead atoms. The molecule has 0 aliphatic carbocycles. The standard InChI is InChI=1S/C16H21N3/c1-10-7-5-6-8-14(10)16-18-12(3)15(11(2)9-17)13(4)19-16/h5-8,11H,9,17H2,1-4H3. The lowest BCUT2D eigenvalue weighted by molar-refractivity contribution is 0.744. The van der Waals surface area contributed by atoms with Crippen LogP contribution in [0.4, 0.5) is 0 Å². The summed E-state index contributed by atoms with van der Waals surface area (Å²) < 4.78 is 0. The summed E-state index contributed by atoms with van der Waals surface area (Å²) in [6.45, 7) is 8.90. The van der Waals surface area contributed by atoms with Crippen molar-refractivity contribution in [3.8, 4) is 11.4 Å². The molecule has 3 nitrogen and oxygen atoms in total. The molecule has 0 aliphatic rings. The normalized spacial score (nSPS) is 12.5. The van der Waals surface area contributed by atoms with Gasteiger partial charge in [0.2, 0.25) is 0 Å². The van der Waals surface area contributed by atoms with Crippen molar-refractivity contribution >= 4 is 0 Å². The highest BCUT2D eigenvalue weighted by molar-refractivity contribution is 5.60. The summed E-state index contributed by atoms with van der Waals surface area (Å²) in [4.78, 5) is 9.33. The number of benzene rings is 1. The van der Waals surface area contributed by atoms with Crippen LogP contribution in [0.15, 0.2) is 24.3 Å². The van der Waals surface area contributed by atoms with Crippen LogP contribution in [0.5, 0.6) is 0 Å². The first-order chi connectivity index (χ1) is 9.04. The third kappa shape index (κ3) is 2.66. The minimum Gasteiger partial charge on any atom is -0.330 e. The van der Waals surface area contributed by atoms with Crippen molar-refractivity contribution < 1.29 is 0 Å². The van der Waals surface area contributed by atoms with Crippen LogP contribution in [0.25, 0.3) is 11.4 Å². The molecule has 0 saturated heterocycles. The zero-order chi connectivity index (χ0) is 14.0. The first-order valence-electron chi connectivity index (χ1n) is 6.65. The second kappa shape index (κ2) is 5.49. The highest BCUT2D eigenvalue weighted by atomic mass is 14.9. The van der Waals surface area contributed by atoms with E-state index in [2.05, 4.69) is 35.9 Å². The summed E-state index contributed by atoms with van der Waals surface area (Å²) in [5.41, 5.74) is 11.3. The molecule has 0 spiro atoms. The van der Waals surface area contributed by atoms with Gasteiger partial charge in [-0.1, -0.05) is 31.2 Å². The Kier molecular flexibility index (Phi) is 3.96. The van der Waals surface area contributed by atoms with Gasteiger partial charge in [-0.2, -0.15) is 0 Å². The van der Waals surface area contributed by atoms with E-state index < -0.39 is 0 Å². The minimum absolute atomic E-state index is 0.297. The van der Waals surface area contributed by atoms with E-state index in [0.717, 1.165) is 22.8 Å². The summed E-state index contributed by atoms with van der Waals surface area (Å²) in [6.07, 6.45) is 0. The van der Waals surface area contributed by atoms with E-state index in [1.54, 1.807) is 0 Å². The van der Waals surface area contributed by atoms with Crippen LogP contribution >= 0.6 is 0 Å². The third-order valence-electron chi connectivity index (χ3n) is 3.56. The predicted octanol–water partition coefficient (Wildman–Crippen LogP) is 3.13. The Balaban J connectivity index is 2.55. The quantitative estimate of drug-likeness (QED) is 0.916. The van der Waals surface area contributed by atoms with Gasteiger partial charge < -0.3 is 5.73 Å². The van der Waals surface area contributed by atoms with E-state index in [-0.39, 0.29) is 0 Å². The molecule has 1 unspecified atom stereocenters. The van der Waals surface area contributed by atoms with E-state index in [1.165, 1.54) is 11.1 Å². The number of hydrogen-bond acceptors (Lipinski definition) is 3. The van der Waals surface area contributed by atoms with Crippen molar-refractivity contribution in [2.75, 3.05) is 6.54 Å². The van der Waals surface area contributed by atoms with Crippen LogP contribution in [-0.4, -0.2) is 16.5 Å². The Bertz CT molecular complexity index is 567. The Hall–Kier alpha value is -1.74. The van der Waals surface area contributed by atoms with E-state index >= 15 is 0 Å². The molecule has 2 rings (SSSR count). The van der Waals surface area contributed by atoms with Crippen LogP contribution in [0.2, 0.25) is 0 Å². The van der Waals surface area contributed by atoms with Crippen molar-refractivity contribution in [3.63, 3.8) is 0 Å². The predicted molar refractivity (Wildman–Crippen MR) is 79.1 cm³/mol. The molecule has 1 aromatic carbocycles. The summed E-state index contributed by atoms with van der Waals surface area (Å²) in [7, 11) is 0. The molecular formula is C16H21N3. The van der Waals surface area contributed by atoms with Crippen LogP contribution < -0.4 is 5.73 Å². The zero-order valence-electron chi connectivity index (χ0n) is 12.1. The Morgan fingerprint density at radius 1 is 1.05 bits per heavy atom. The molecule has 0 fully saturated rings. The average molecular weight is 255 g/mol. The fraction of sp³-hybridized carbons (Fsp3) is 0.375.